The number of hydrogen-bond acceptors (Lipinski definition) is 3. The Morgan fingerprint density at radius 2 is 1.81 bits per heavy atom. The van der Waals surface area contributed by atoms with Gasteiger partial charge in [0.05, 0.1) is 10.2 Å². The van der Waals surface area contributed by atoms with Crippen molar-refractivity contribution >= 4 is 21.7 Å². The Bertz CT molecular complexity index is 606. The highest BCUT2D eigenvalue weighted by Gasteiger charge is 2.12. The van der Waals surface area contributed by atoms with Gasteiger partial charge in [-0.3, -0.25) is 0 Å². The van der Waals surface area contributed by atoms with Gasteiger partial charge >= 0.3 is 0 Å². The smallest absolute Gasteiger partial charge is 0.161 e. The molecule has 0 amide bonds. The average Bonchev–Trinajstić information content (AvgIpc) is 2.49. The van der Waals surface area contributed by atoms with E-state index in [1.807, 2.05) is 7.05 Å². The molecule has 3 nitrogen and oxygen atoms in total. The molecule has 0 aliphatic carbocycles. The number of benzene rings is 1. The molecule has 112 valence electrons. The van der Waals surface area contributed by atoms with Crippen LogP contribution in [0.5, 0.6) is 0 Å². The molecule has 0 spiro atoms. The molecule has 0 fully saturated rings. The molecule has 0 atom stereocenters. The highest BCUT2D eigenvalue weighted by molar-refractivity contribution is 9.10. The molecule has 0 aliphatic heterocycles. The highest BCUT2D eigenvalue weighted by atomic mass is 79.9. The van der Waals surface area contributed by atoms with Crippen molar-refractivity contribution in [2.24, 2.45) is 0 Å². The molecule has 0 unspecified atom stereocenters. The molecule has 0 bridgehead atoms. The topological polar surface area (TPSA) is 37.8 Å². The van der Waals surface area contributed by atoms with Gasteiger partial charge in [-0.1, -0.05) is 51.5 Å². The Morgan fingerprint density at radius 3 is 2.33 bits per heavy atom. The number of hydrogen-bond donors (Lipinski definition) is 1. The summed E-state index contributed by atoms with van der Waals surface area (Å²) in [5.74, 6) is 2.16. The lowest BCUT2D eigenvalue weighted by molar-refractivity contribution is 0.864. The predicted octanol–water partition coefficient (Wildman–Crippen LogP) is 5.02. The van der Waals surface area contributed by atoms with Crippen LogP contribution in [0.25, 0.3) is 11.4 Å². The maximum absolute atomic E-state index is 4.72. The van der Waals surface area contributed by atoms with Gasteiger partial charge in [-0.05, 0) is 33.8 Å². The normalized spacial score (nSPS) is 11.0. The van der Waals surface area contributed by atoms with Gasteiger partial charge in [0.25, 0.3) is 0 Å². The third-order valence-electron chi connectivity index (χ3n) is 3.48. The monoisotopic (exact) mass is 347 g/mol. The van der Waals surface area contributed by atoms with Crippen LogP contribution in [-0.4, -0.2) is 17.0 Å². The van der Waals surface area contributed by atoms with Crippen LogP contribution in [-0.2, 0) is 6.42 Å². The SMILES string of the molecule is CCCc1nc(-c2ccc(C(C)C)cc2)nc(NC)c1Br. The number of aromatic nitrogens is 2. The first-order valence-corrected chi connectivity index (χ1v) is 8.20. The third kappa shape index (κ3) is 3.62. The Hall–Kier alpha value is -1.42. The zero-order valence-corrected chi connectivity index (χ0v) is 14.7. The predicted molar refractivity (Wildman–Crippen MR) is 92.8 cm³/mol. The van der Waals surface area contributed by atoms with Crippen LogP contribution >= 0.6 is 15.9 Å². The van der Waals surface area contributed by atoms with E-state index in [-0.39, 0.29) is 0 Å². The van der Waals surface area contributed by atoms with Crippen molar-refractivity contribution in [3.8, 4) is 11.4 Å². The fraction of sp³-hybridized carbons (Fsp3) is 0.412. The van der Waals surface area contributed by atoms with Crippen molar-refractivity contribution in [1.82, 2.24) is 9.97 Å². The number of rotatable bonds is 5. The lowest BCUT2D eigenvalue weighted by atomic mass is 10.0. The molecule has 1 aromatic heterocycles. The summed E-state index contributed by atoms with van der Waals surface area (Å²) in [4.78, 5) is 9.33. The van der Waals surface area contributed by atoms with E-state index in [9.17, 15) is 0 Å². The summed E-state index contributed by atoms with van der Waals surface area (Å²) in [5, 5.41) is 3.14. The molecule has 0 aliphatic rings. The quantitative estimate of drug-likeness (QED) is 0.824. The summed E-state index contributed by atoms with van der Waals surface area (Å²) in [7, 11) is 1.88. The molecule has 2 rings (SSSR count). The second-order valence-corrected chi connectivity index (χ2v) is 6.23. The first kappa shape index (κ1) is 16.0. The van der Waals surface area contributed by atoms with Gasteiger partial charge in [-0.2, -0.15) is 0 Å². The Kier molecular flexibility index (Phi) is 5.34. The minimum atomic E-state index is 0.536. The van der Waals surface area contributed by atoms with Crippen LogP contribution in [0.1, 0.15) is 44.4 Å². The van der Waals surface area contributed by atoms with Crippen LogP contribution in [0.3, 0.4) is 0 Å². The zero-order chi connectivity index (χ0) is 15.4. The molecule has 1 aromatic carbocycles. The zero-order valence-electron chi connectivity index (χ0n) is 13.1. The van der Waals surface area contributed by atoms with E-state index in [0.717, 1.165) is 40.2 Å². The van der Waals surface area contributed by atoms with E-state index in [4.69, 9.17) is 4.98 Å². The molecule has 0 saturated carbocycles. The second kappa shape index (κ2) is 7.03. The molecular weight excluding hydrogens is 326 g/mol. The van der Waals surface area contributed by atoms with Gasteiger partial charge < -0.3 is 5.32 Å². The van der Waals surface area contributed by atoms with Crippen molar-refractivity contribution in [3.05, 3.63) is 40.0 Å². The molecule has 1 heterocycles. The Morgan fingerprint density at radius 1 is 1.14 bits per heavy atom. The van der Waals surface area contributed by atoms with Gasteiger partial charge in [0.15, 0.2) is 5.82 Å². The number of halogens is 1. The molecule has 2 aromatic rings. The standard InChI is InChI=1S/C17H22BrN3/c1-5-6-14-15(18)17(19-4)21-16(20-14)13-9-7-12(8-10-13)11(2)3/h7-11H,5-6H2,1-4H3,(H,19,20,21). The van der Waals surface area contributed by atoms with E-state index in [2.05, 4.69) is 71.3 Å². The minimum absolute atomic E-state index is 0.536. The lowest BCUT2D eigenvalue weighted by Gasteiger charge is -2.11. The molecule has 1 N–H and O–H groups in total. The third-order valence-corrected chi connectivity index (χ3v) is 4.31. The lowest BCUT2D eigenvalue weighted by Crippen LogP contribution is -2.03. The first-order valence-electron chi connectivity index (χ1n) is 7.41. The molecule has 0 radical (unpaired) electrons. The summed E-state index contributed by atoms with van der Waals surface area (Å²) in [6.45, 7) is 6.55. The summed E-state index contributed by atoms with van der Waals surface area (Å²) >= 11 is 3.59. The van der Waals surface area contributed by atoms with E-state index in [1.165, 1.54) is 5.56 Å². The van der Waals surface area contributed by atoms with Gasteiger partial charge in [-0.25, -0.2) is 9.97 Å². The summed E-state index contributed by atoms with van der Waals surface area (Å²) in [6, 6.07) is 8.52. The average molecular weight is 348 g/mol. The molecule has 21 heavy (non-hydrogen) atoms. The van der Waals surface area contributed by atoms with Crippen LogP contribution in [0, 0.1) is 0 Å². The maximum Gasteiger partial charge on any atom is 0.161 e. The van der Waals surface area contributed by atoms with Gasteiger partial charge in [0.2, 0.25) is 0 Å². The number of anilines is 1. The van der Waals surface area contributed by atoms with E-state index in [1.54, 1.807) is 0 Å². The van der Waals surface area contributed by atoms with Gasteiger partial charge in [0, 0.05) is 12.6 Å². The summed E-state index contributed by atoms with van der Waals surface area (Å²) in [5.41, 5.74) is 3.44. The van der Waals surface area contributed by atoms with Crippen molar-refractivity contribution in [3.63, 3.8) is 0 Å². The van der Waals surface area contributed by atoms with Crippen molar-refractivity contribution in [1.29, 1.82) is 0 Å². The van der Waals surface area contributed by atoms with Crippen LogP contribution in [0.15, 0.2) is 28.7 Å². The fourth-order valence-electron chi connectivity index (χ4n) is 2.21. The minimum Gasteiger partial charge on any atom is -0.372 e. The first-order chi connectivity index (χ1) is 10.1. The van der Waals surface area contributed by atoms with Gasteiger partial charge in [-0.15, -0.1) is 0 Å². The van der Waals surface area contributed by atoms with Crippen LogP contribution in [0.2, 0.25) is 0 Å². The highest BCUT2D eigenvalue weighted by Crippen LogP contribution is 2.28. The van der Waals surface area contributed by atoms with Crippen LogP contribution in [0.4, 0.5) is 5.82 Å². The van der Waals surface area contributed by atoms with Crippen molar-refractivity contribution < 1.29 is 0 Å². The molecule has 0 saturated heterocycles. The summed E-state index contributed by atoms with van der Waals surface area (Å²) < 4.78 is 0.967. The molecular formula is C17H22BrN3. The van der Waals surface area contributed by atoms with Gasteiger partial charge in [0.1, 0.15) is 5.82 Å². The summed E-state index contributed by atoms with van der Waals surface area (Å²) in [6.07, 6.45) is 2.00. The Labute approximate surface area is 135 Å². The fourth-order valence-corrected chi connectivity index (χ4v) is 2.78. The number of nitrogens with one attached hydrogen (secondary N) is 1. The number of aryl methyl sites for hydroxylation is 1. The van der Waals surface area contributed by atoms with E-state index >= 15 is 0 Å². The Balaban J connectivity index is 2.45. The maximum atomic E-state index is 4.72. The van der Waals surface area contributed by atoms with Crippen molar-refractivity contribution in [2.45, 2.75) is 39.5 Å². The number of nitrogens with zero attached hydrogens (tertiary/aromatic N) is 2. The van der Waals surface area contributed by atoms with E-state index < -0.39 is 0 Å². The second-order valence-electron chi connectivity index (χ2n) is 5.43. The largest absolute Gasteiger partial charge is 0.372 e. The molecule has 4 heteroatoms. The van der Waals surface area contributed by atoms with E-state index in [0.29, 0.717) is 5.92 Å². The van der Waals surface area contributed by atoms with Crippen molar-refractivity contribution in [2.75, 3.05) is 12.4 Å². The van der Waals surface area contributed by atoms with Crippen LogP contribution < -0.4 is 5.32 Å².